The largest absolute Gasteiger partial charge is 0.465 e. The lowest BCUT2D eigenvalue weighted by atomic mass is 10.1. The first kappa shape index (κ1) is 20.6. The molecule has 0 radical (unpaired) electrons. The number of aryl methyl sites for hydroxylation is 1. The molecule has 1 aromatic heterocycles. The Morgan fingerprint density at radius 3 is 2.38 bits per heavy atom. The number of ether oxygens (including phenoxy) is 1. The highest BCUT2D eigenvalue weighted by Gasteiger charge is 2.25. The van der Waals surface area contributed by atoms with Gasteiger partial charge in [0.15, 0.2) is 0 Å². The molecule has 2 aromatic carbocycles. The van der Waals surface area contributed by atoms with E-state index >= 15 is 0 Å². The third-order valence-corrected chi connectivity index (χ3v) is 5.83. The van der Waals surface area contributed by atoms with Gasteiger partial charge in [0.25, 0.3) is 5.91 Å². The zero-order valence-corrected chi connectivity index (χ0v) is 17.3. The second-order valence-electron chi connectivity index (χ2n) is 6.57. The maximum absolute atomic E-state index is 13.1. The van der Waals surface area contributed by atoms with Crippen LogP contribution in [-0.4, -0.2) is 44.8 Å². The molecule has 3 aromatic rings. The number of aromatic nitrogens is 1. The highest BCUT2D eigenvalue weighted by atomic mass is 32.2. The monoisotopic (exact) mass is 414 g/mol. The summed E-state index contributed by atoms with van der Waals surface area (Å²) in [5.74, 6) is -1.04. The van der Waals surface area contributed by atoms with Gasteiger partial charge in [0.05, 0.1) is 30.1 Å². The maximum Gasteiger partial charge on any atom is 0.340 e. The van der Waals surface area contributed by atoms with E-state index in [2.05, 4.69) is 0 Å². The summed E-state index contributed by atoms with van der Waals surface area (Å²) in [5, 5.41) is 0.563. The average Bonchev–Trinajstić information content (AvgIpc) is 3.10. The molecule has 29 heavy (non-hydrogen) atoms. The second-order valence-corrected chi connectivity index (χ2v) is 8.47. The van der Waals surface area contributed by atoms with Crippen LogP contribution < -0.4 is 4.31 Å². The van der Waals surface area contributed by atoms with E-state index in [1.54, 1.807) is 36.4 Å². The van der Waals surface area contributed by atoms with Crippen molar-refractivity contribution in [2.24, 2.45) is 0 Å². The minimum atomic E-state index is -3.71. The molecule has 152 valence electrons. The summed E-state index contributed by atoms with van der Waals surface area (Å²) < 4.78 is 32.2. The minimum Gasteiger partial charge on any atom is -0.465 e. The zero-order chi connectivity index (χ0) is 21.2. The Morgan fingerprint density at radius 1 is 1.07 bits per heavy atom. The molecular weight excluding hydrogens is 392 g/mol. The van der Waals surface area contributed by atoms with Crippen LogP contribution >= 0.6 is 0 Å². The molecule has 8 heteroatoms. The summed E-state index contributed by atoms with van der Waals surface area (Å²) in [5.41, 5.74) is 2.04. The second kappa shape index (κ2) is 8.08. The highest BCUT2D eigenvalue weighted by molar-refractivity contribution is 7.92. The third kappa shape index (κ3) is 4.02. The number of carbonyl (C=O) groups excluding carboxylic acids is 2. The summed E-state index contributed by atoms with van der Waals surface area (Å²) in [4.78, 5) is 25.2. The fourth-order valence-electron chi connectivity index (χ4n) is 3.29. The molecule has 0 N–H and O–H groups in total. The van der Waals surface area contributed by atoms with E-state index in [1.807, 2.05) is 19.1 Å². The number of para-hydroxylation sites is 2. The van der Waals surface area contributed by atoms with Gasteiger partial charge in [-0.15, -0.1) is 0 Å². The number of nitrogens with zero attached hydrogens (tertiary/aromatic N) is 2. The molecule has 0 bridgehead atoms. The Kier molecular flexibility index (Phi) is 5.74. The zero-order valence-electron chi connectivity index (χ0n) is 16.5. The molecule has 0 spiro atoms. The molecule has 0 saturated carbocycles. The van der Waals surface area contributed by atoms with Gasteiger partial charge in [0.1, 0.15) is 6.54 Å². The SMILES string of the molecule is CCc1ccccc1N(CC(=O)n1cc(C(=O)OC)c2ccccc21)S(C)(=O)=O. The molecule has 0 amide bonds. The third-order valence-electron chi connectivity index (χ3n) is 4.71. The molecular formula is C21H22N2O5S. The molecule has 0 atom stereocenters. The predicted molar refractivity (Wildman–Crippen MR) is 112 cm³/mol. The van der Waals surface area contributed by atoms with Gasteiger partial charge in [-0.1, -0.05) is 43.3 Å². The standard InChI is InChI=1S/C21H22N2O5S/c1-4-15-9-5-7-11-18(15)23(29(3,26)27)14-20(24)22-13-17(21(25)28-2)16-10-6-8-12-19(16)22/h5-13H,4,14H2,1-3H3. The number of anilines is 1. The lowest BCUT2D eigenvalue weighted by Crippen LogP contribution is -2.37. The van der Waals surface area contributed by atoms with Crippen LogP contribution in [0.4, 0.5) is 5.69 Å². The van der Waals surface area contributed by atoms with Gasteiger partial charge in [-0.2, -0.15) is 0 Å². The van der Waals surface area contributed by atoms with Crippen LogP contribution in [0.25, 0.3) is 10.9 Å². The van der Waals surface area contributed by atoms with Gasteiger partial charge in [-0.3, -0.25) is 13.7 Å². The van der Waals surface area contributed by atoms with E-state index in [4.69, 9.17) is 4.74 Å². The molecule has 0 aliphatic rings. The van der Waals surface area contributed by atoms with Crippen molar-refractivity contribution in [2.75, 3.05) is 24.2 Å². The van der Waals surface area contributed by atoms with Crippen LogP contribution in [0.15, 0.2) is 54.7 Å². The number of benzene rings is 2. The molecule has 0 saturated heterocycles. The van der Waals surface area contributed by atoms with Gasteiger partial charge in [0, 0.05) is 11.6 Å². The Morgan fingerprint density at radius 2 is 1.72 bits per heavy atom. The number of fused-ring (bicyclic) bond motifs is 1. The molecule has 7 nitrogen and oxygen atoms in total. The van der Waals surface area contributed by atoms with Crippen molar-refractivity contribution in [3.05, 3.63) is 65.9 Å². The molecule has 0 aliphatic heterocycles. The van der Waals surface area contributed by atoms with Gasteiger partial charge in [-0.25, -0.2) is 13.2 Å². The predicted octanol–water partition coefficient (Wildman–Crippen LogP) is 3.10. The van der Waals surface area contributed by atoms with E-state index in [-0.39, 0.29) is 5.56 Å². The number of methoxy groups -OCH3 is 1. The van der Waals surface area contributed by atoms with Gasteiger partial charge in [0.2, 0.25) is 10.0 Å². The summed E-state index contributed by atoms with van der Waals surface area (Å²) >= 11 is 0. The average molecular weight is 414 g/mol. The quantitative estimate of drug-likeness (QED) is 0.579. The number of rotatable bonds is 6. The molecule has 1 heterocycles. The lowest BCUT2D eigenvalue weighted by molar-refractivity contribution is 0.0603. The number of hydrogen-bond acceptors (Lipinski definition) is 5. The fraction of sp³-hybridized carbons (Fsp3) is 0.238. The van der Waals surface area contributed by atoms with Crippen LogP contribution in [-0.2, 0) is 21.2 Å². The number of carbonyl (C=O) groups is 2. The number of esters is 1. The van der Waals surface area contributed by atoms with Crippen molar-refractivity contribution in [3.63, 3.8) is 0 Å². The Labute approximate surface area is 169 Å². The van der Waals surface area contributed by atoms with Crippen molar-refractivity contribution in [2.45, 2.75) is 13.3 Å². The van der Waals surface area contributed by atoms with Gasteiger partial charge < -0.3 is 4.74 Å². The molecule has 3 rings (SSSR count). The van der Waals surface area contributed by atoms with Crippen molar-refractivity contribution in [1.82, 2.24) is 4.57 Å². The first-order valence-corrected chi connectivity index (χ1v) is 10.9. The number of sulfonamides is 1. The molecule has 0 aliphatic carbocycles. The van der Waals surface area contributed by atoms with E-state index < -0.39 is 28.4 Å². The molecule has 0 fully saturated rings. The van der Waals surface area contributed by atoms with Gasteiger partial charge in [-0.05, 0) is 24.1 Å². The number of hydrogen-bond donors (Lipinski definition) is 0. The van der Waals surface area contributed by atoms with Crippen LogP contribution in [0.5, 0.6) is 0 Å². The van der Waals surface area contributed by atoms with E-state index in [0.717, 1.165) is 16.1 Å². The van der Waals surface area contributed by atoms with Crippen molar-refractivity contribution >= 4 is 38.5 Å². The summed E-state index contributed by atoms with van der Waals surface area (Å²) in [6.07, 6.45) is 3.08. The highest BCUT2D eigenvalue weighted by Crippen LogP contribution is 2.25. The maximum atomic E-state index is 13.1. The van der Waals surface area contributed by atoms with Crippen LogP contribution in [0.1, 0.15) is 27.6 Å². The summed E-state index contributed by atoms with van der Waals surface area (Å²) in [6, 6.07) is 14.0. The van der Waals surface area contributed by atoms with E-state index in [0.29, 0.717) is 23.0 Å². The van der Waals surface area contributed by atoms with Crippen molar-refractivity contribution in [3.8, 4) is 0 Å². The topological polar surface area (TPSA) is 85.7 Å². The summed E-state index contributed by atoms with van der Waals surface area (Å²) in [6.45, 7) is 1.53. The van der Waals surface area contributed by atoms with Gasteiger partial charge >= 0.3 is 5.97 Å². The Hall–Kier alpha value is -3.13. The van der Waals surface area contributed by atoms with E-state index in [1.165, 1.54) is 17.9 Å². The summed E-state index contributed by atoms with van der Waals surface area (Å²) in [7, 11) is -2.45. The minimum absolute atomic E-state index is 0.247. The fourth-order valence-corrected chi connectivity index (χ4v) is 4.17. The Balaban J connectivity index is 2.07. The Bertz CT molecular complexity index is 1180. The van der Waals surface area contributed by atoms with Crippen molar-refractivity contribution < 1.29 is 22.7 Å². The van der Waals surface area contributed by atoms with Crippen LogP contribution in [0.3, 0.4) is 0 Å². The van der Waals surface area contributed by atoms with Crippen LogP contribution in [0, 0.1) is 0 Å². The van der Waals surface area contributed by atoms with Crippen molar-refractivity contribution in [1.29, 1.82) is 0 Å². The first-order valence-electron chi connectivity index (χ1n) is 9.05. The first-order chi connectivity index (χ1) is 13.8. The smallest absolute Gasteiger partial charge is 0.340 e. The lowest BCUT2D eigenvalue weighted by Gasteiger charge is -2.24. The molecule has 0 unspecified atom stereocenters. The normalized spacial score (nSPS) is 11.4. The van der Waals surface area contributed by atoms with E-state index in [9.17, 15) is 18.0 Å². The van der Waals surface area contributed by atoms with Crippen LogP contribution in [0.2, 0.25) is 0 Å².